The van der Waals surface area contributed by atoms with Crippen molar-refractivity contribution in [1.82, 2.24) is 0 Å². The number of unbranched alkanes of at least 4 members (excludes halogenated alkanes) is 46. The second kappa shape index (κ2) is 59.7. The maximum absolute atomic E-state index is 12.8. The topological polar surface area (TPSA) is 78.9 Å². The number of rotatable bonds is 59. The molecule has 0 N–H and O–H groups in total. The van der Waals surface area contributed by atoms with Gasteiger partial charge in [0.2, 0.25) is 0 Å². The lowest BCUT2D eigenvalue weighted by molar-refractivity contribution is -0.167. The van der Waals surface area contributed by atoms with Gasteiger partial charge in [0, 0.05) is 19.3 Å². The van der Waals surface area contributed by atoms with Crippen molar-refractivity contribution in [1.29, 1.82) is 0 Å². The van der Waals surface area contributed by atoms with Crippen LogP contribution >= 0.6 is 0 Å². The summed E-state index contributed by atoms with van der Waals surface area (Å²) in [4.78, 5) is 38.1. The Morgan fingerprint density at radius 1 is 0.271 bits per heavy atom. The zero-order valence-corrected chi connectivity index (χ0v) is 47.6. The summed E-state index contributed by atoms with van der Waals surface area (Å²) in [5, 5.41) is 0. The number of allylic oxidation sites excluding steroid dienone is 2. The van der Waals surface area contributed by atoms with Crippen molar-refractivity contribution in [3.63, 3.8) is 0 Å². The average molecular weight is 988 g/mol. The summed E-state index contributed by atoms with van der Waals surface area (Å²) in [6.07, 6.45) is 69.5. The Morgan fingerprint density at radius 3 is 0.743 bits per heavy atom. The molecule has 0 aliphatic heterocycles. The highest BCUT2D eigenvalue weighted by molar-refractivity contribution is 5.71. The highest BCUT2D eigenvalue weighted by atomic mass is 16.6. The van der Waals surface area contributed by atoms with E-state index in [1.54, 1.807) is 0 Å². The summed E-state index contributed by atoms with van der Waals surface area (Å²) in [7, 11) is 0. The van der Waals surface area contributed by atoms with Crippen LogP contribution in [0, 0.1) is 0 Å². The molecule has 0 amide bonds. The van der Waals surface area contributed by atoms with Gasteiger partial charge in [0.15, 0.2) is 6.10 Å². The molecular weight excluding hydrogens is 865 g/mol. The molecular formula is C64H122O6. The first-order valence-corrected chi connectivity index (χ1v) is 31.7. The van der Waals surface area contributed by atoms with E-state index in [1.807, 2.05) is 0 Å². The lowest BCUT2D eigenvalue weighted by Gasteiger charge is -2.18. The maximum atomic E-state index is 12.8. The summed E-state index contributed by atoms with van der Waals surface area (Å²) in [6, 6.07) is 0. The number of esters is 3. The third kappa shape index (κ3) is 57.1. The van der Waals surface area contributed by atoms with Crippen LogP contribution in [0.15, 0.2) is 12.2 Å². The van der Waals surface area contributed by atoms with Crippen LogP contribution in [0.1, 0.15) is 361 Å². The Kier molecular flexibility index (Phi) is 58.1. The molecule has 6 nitrogen and oxygen atoms in total. The molecule has 0 radical (unpaired) electrons. The normalized spacial score (nSPS) is 12.0. The fourth-order valence-corrected chi connectivity index (χ4v) is 9.74. The molecule has 0 aromatic carbocycles. The van der Waals surface area contributed by atoms with Gasteiger partial charge in [-0.15, -0.1) is 0 Å². The van der Waals surface area contributed by atoms with Crippen LogP contribution in [-0.2, 0) is 28.6 Å². The van der Waals surface area contributed by atoms with Crippen LogP contribution in [0.5, 0.6) is 0 Å². The molecule has 0 bridgehead atoms. The van der Waals surface area contributed by atoms with Gasteiger partial charge in [0.05, 0.1) is 0 Å². The van der Waals surface area contributed by atoms with E-state index in [0.29, 0.717) is 19.3 Å². The Hall–Kier alpha value is -1.85. The molecule has 0 heterocycles. The minimum absolute atomic E-state index is 0.0675. The van der Waals surface area contributed by atoms with Crippen LogP contribution < -0.4 is 0 Å². The van der Waals surface area contributed by atoms with Gasteiger partial charge in [0.25, 0.3) is 0 Å². The van der Waals surface area contributed by atoms with Crippen LogP contribution in [0.4, 0.5) is 0 Å². The van der Waals surface area contributed by atoms with Gasteiger partial charge in [-0.25, -0.2) is 0 Å². The minimum atomic E-state index is -0.768. The molecule has 70 heavy (non-hydrogen) atoms. The average Bonchev–Trinajstić information content (AvgIpc) is 3.36. The summed E-state index contributed by atoms with van der Waals surface area (Å²) in [6.45, 7) is 6.67. The predicted molar refractivity (Wildman–Crippen MR) is 303 cm³/mol. The molecule has 0 aliphatic carbocycles. The van der Waals surface area contributed by atoms with Crippen molar-refractivity contribution < 1.29 is 28.6 Å². The first-order chi connectivity index (χ1) is 34.5. The summed E-state index contributed by atoms with van der Waals surface area (Å²) in [5.74, 6) is -0.852. The quantitative estimate of drug-likeness (QED) is 0.0261. The molecule has 0 spiro atoms. The summed E-state index contributed by atoms with van der Waals surface area (Å²) in [5.41, 5.74) is 0. The van der Waals surface area contributed by atoms with E-state index in [0.717, 1.165) is 64.2 Å². The minimum Gasteiger partial charge on any atom is -0.462 e. The second-order valence-corrected chi connectivity index (χ2v) is 21.7. The SMILES string of the molecule is CCCCC/C=C\CCCCCCCC(=O)OC(COC(=O)CCCCCCCCCCCCCC)COC(=O)CCCCCCCCCCCCCCCCCCCCCCCCCCCCCC. The molecule has 0 fully saturated rings. The molecule has 6 heteroatoms. The molecule has 1 unspecified atom stereocenters. The second-order valence-electron chi connectivity index (χ2n) is 21.7. The van der Waals surface area contributed by atoms with Crippen molar-refractivity contribution in [2.45, 2.75) is 367 Å². The number of carbonyl (C=O) groups excluding carboxylic acids is 3. The Bertz CT molecular complexity index is 1090. The monoisotopic (exact) mass is 987 g/mol. The fourth-order valence-electron chi connectivity index (χ4n) is 9.74. The molecule has 414 valence electrons. The molecule has 0 saturated carbocycles. The Labute approximate surface area is 437 Å². The van der Waals surface area contributed by atoms with Gasteiger partial charge in [-0.2, -0.15) is 0 Å². The van der Waals surface area contributed by atoms with E-state index < -0.39 is 6.10 Å². The third-order valence-electron chi connectivity index (χ3n) is 14.5. The van der Waals surface area contributed by atoms with E-state index in [1.165, 1.54) is 257 Å². The first kappa shape index (κ1) is 68.2. The van der Waals surface area contributed by atoms with Crippen molar-refractivity contribution in [3.05, 3.63) is 12.2 Å². The molecule has 0 saturated heterocycles. The zero-order chi connectivity index (χ0) is 50.7. The van der Waals surface area contributed by atoms with E-state index in [9.17, 15) is 14.4 Å². The van der Waals surface area contributed by atoms with Gasteiger partial charge in [-0.05, 0) is 44.9 Å². The standard InChI is InChI=1S/C64H122O6/c1-4-7-10-13-16-19-22-25-26-27-28-29-30-31-32-33-34-35-36-37-38-39-40-43-45-48-51-54-57-63(66)69-60-61(70-64(67)58-55-52-49-46-42-24-21-18-15-12-9-6-3)59-68-62(65)56-53-50-47-44-41-23-20-17-14-11-8-5-2/h18,21,61H,4-17,19-20,22-60H2,1-3H3/b21-18-. The van der Waals surface area contributed by atoms with Gasteiger partial charge in [-0.3, -0.25) is 14.4 Å². The number of carbonyl (C=O) groups is 3. The van der Waals surface area contributed by atoms with Crippen molar-refractivity contribution in [2.75, 3.05) is 13.2 Å². The highest BCUT2D eigenvalue weighted by Crippen LogP contribution is 2.18. The van der Waals surface area contributed by atoms with Gasteiger partial charge >= 0.3 is 17.9 Å². The molecule has 0 aromatic rings. The number of hydrogen-bond acceptors (Lipinski definition) is 6. The summed E-state index contributed by atoms with van der Waals surface area (Å²) < 4.78 is 16.9. The molecule has 1 atom stereocenters. The fraction of sp³-hybridized carbons (Fsp3) is 0.922. The van der Waals surface area contributed by atoms with E-state index >= 15 is 0 Å². The van der Waals surface area contributed by atoms with Crippen molar-refractivity contribution in [3.8, 4) is 0 Å². The molecule has 0 aliphatic rings. The first-order valence-electron chi connectivity index (χ1n) is 31.7. The third-order valence-corrected chi connectivity index (χ3v) is 14.5. The zero-order valence-electron chi connectivity index (χ0n) is 47.6. The number of hydrogen-bond donors (Lipinski definition) is 0. The van der Waals surface area contributed by atoms with Crippen LogP contribution in [0.2, 0.25) is 0 Å². The van der Waals surface area contributed by atoms with E-state index in [4.69, 9.17) is 14.2 Å². The van der Waals surface area contributed by atoms with Gasteiger partial charge in [0.1, 0.15) is 13.2 Å². The Morgan fingerprint density at radius 2 is 0.471 bits per heavy atom. The van der Waals surface area contributed by atoms with Gasteiger partial charge < -0.3 is 14.2 Å². The largest absolute Gasteiger partial charge is 0.462 e. The van der Waals surface area contributed by atoms with Crippen molar-refractivity contribution in [2.24, 2.45) is 0 Å². The highest BCUT2D eigenvalue weighted by Gasteiger charge is 2.19. The molecule has 0 aromatic heterocycles. The Balaban J connectivity index is 4.08. The van der Waals surface area contributed by atoms with Crippen molar-refractivity contribution >= 4 is 17.9 Å². The van der Waals surface area contributed by atoms with Gasteiger partial charge in [-0.1, -0.05) is 309 Å². The maximum Gasteiger partial charge on any atom is 0.306 e. The van der Waals surface area contributed by atoms with Crippen LogP contribution in [0.25, 0.3) is 0 Å². The van der Waals surface area contributed by atoms with Crippen LogP contribution in [-0.4, -0.2) is 37.2 Å². The lowest BCUT2D eigenvalue weighted by atomic mass is 10.0. The molecule has 0 rings (SSSR count). The smallest absolute Gasteiger partial charge is 0.306 e. The summed E-state index contributed by atoms with van der Waals surface area (Å²) >= 11 is 0. The van der Waals surface area contributed by atoms with E-state index in [2.05, 4.69) is 32.9 Å². The number of ether oxygens (including phenoxy) is 3. The van der Waals surface area contributed by atoms with Crippen LogP contribution in [0.3, 0.4) is 0 Å². The lowest BCUT2D eigenvalue weighted by Crippen LogP contribution is -2.30. The predicted octanol–water partition coefficient (Wildman–Crippen LogP) is 21.3. The van der Waals surface area contributed by atoms with E-state index in [-0.39, 0.29) is 31.1 Å².